The molecule has 15 heavy (non-hydrogen) atoms. The third kappa shape index (κ3) is 1.91. The molecule has 0 fully saturated rings. The lowest BCUT2D eigenvalue weighted by Crippen LogP contribution is -1.93. The largest absolute Gasteiger partial charge is 0.303 e. The van der Waals surface area contributed by atoms with Crippen LogP contribution in [0.3, 0.4) is 0 Å². The maximum Gasteiger partial charge on any atom is 0.127 e. The molecule has 0 spiro atoms. The number of hydrogen-bond donors (Lipinski definition) is 0. The third-order valence-electron chi connectivity index (χ3n) is 2.75. The molecule has 1 heteroatoms. The first-order chi connectivity index (χ1) is 7.20. The smallest absolute Gasteiger partial charge is 0.127 e. The van der Waals surface area contributed by atoms with Gasteiger partial charge in [-0.2, -0.15) is 0 Å². The number of fused-ring (bicyclic) bond motifs is 1. The molecule has 0 aliphatic heterocycles. The van der Waals surface area contributed by atoms with Gasteiger partial charge < -0.3 is 4.79 Å². The zero-order valence-corrected chi connectivity index (χ0v) is 9.03. The van der Waals surface area contributed by atoms with E-state index < -0.39 is 0 Å². The van der Waals surface area contributed by atoms with Crippen LogP contribution in [0.1, 0.15) is 24.0 Å². The lowest BCUT2D eigenvalue weighted by molar-refractivity contribution is -0.108. The fraction of sp³-hybridized carbons (Fsp3) is 0.214. The summed E-state index contributed by atoms with van der Waals surface area (Å²) in [5, 5.41) is 2.43. The fourth-order valence-corrected chi connectivity index (χ4v) is 1.75. The summed E-state index contributed by atoms with van der Waals surface area (Å²) < 4.78 is 0. The Bertz CT molecular complexity index is 500. The number of aldehydes is 1. The van der Waals surface area contributed by atoms with Crippen molar-refractivity contribution in [2.75, 3.05) is 0 Å². The summed E-state index contributed by atoms with van der Waals surface area (Å²) in [5.74, 6) is -0.0186. The summed E-state index contributed by atoms with van der Waals surface area (Å²) in [7, 11) is 0. The van der Waals surface area contributed by atoms with Crippen molar-refractivity contribution in [3.63, 3.8) is 0 Å². The van der Waals surface area contributed by atoms with Gasteiger partial charge in [-0.1, -0.05) is 48.9 Å². The molecule has 0 N–H and O–H groups in total. The Hall–Kier alpha value is -1.63. The van der Waals surface area contributed by atoms with Gasteiger partial charge in [0.25, 0.3) is 0 Å². The van der Waals surface area contributed by atoms with Crippen molar-refractivity contribution in [1.82, 2.24) is 0 Å². The van der Waals surface area contributed by atoms with Crippen LogP contribution >= 0.6 is 0 Å². The van der Waals surface area contributed by atoms with Crippen molar-refractivity contribution in [2.45, 2.75) is 19.8 Å². The summed E-state index contributed by atoms with van der Waals surface area (Å²) in [6, 6.07) is 12.6. The van der Waals surface area contributed by atoms with Gasteiger partial charge in [0, 0.05) is 5.92 Å². The van der Waals surface area contributed by atoms with Crippen LogP contribution in [0.15, 0.2) is 36.4 Å². The van der Waals surface area contributed by atoms with E-state index >= 15 is 0 Å². The van der Waals surface area contributed by atoms with E-state index in [2.05, 4.69) is 37.3 Å². The van der Waals surface area contributed by atoms with E-state index in [4.69, 9.17) is 0 Å². The van der Waals surface area contributed by atoms with Gasteiger partial charge in [-0.3, -0.25) is 0 Å². The first-order valence-electron chi connectivity index (χ1n) is 5.16. The predicted octanol–water partition coefficient (Wildman–Crippen LogP) is 3.45. The summed E-state index contributed by atoms with van der Waals surface area (Å²) in [5.41, 5.74) is 2.33. The van der Waals surface area contributed by atoms with E-state index in [0.717, 1.165) is 11.8 Å². The Morgan fingerprint density at radius 2 is 1.80 bits per heavy atom. The number of hydrogen-bond acceptors (Lipinski definition) is 1. The molecule has 0 bridgehead atoms. The highest BCUT2D eigenvalue weighted by atomic mass is 16.1. The minimum atomic E-state index is -0.0186. The van der Waals surface area contributed by atoms with E-state index in [1.54, 1.807) is 0 Å². The molecule has 0 heterocycles. The molecule has 0 saturated carbocycles. The summed E-state index contributed by atoms with van der Waals surface area (Å²) in [6.45, 7) is 4.00. The van der Waals surface area contributed by atoms with E-state index in [-0.39, 0.29) is 5.92 Å². The highest BCUT2D eigenvalue weighted by molar-refractivity contribution is 5.84. The van der Waals surface area contributed by atoms with Gasteiger partial charge >= 0.3 is 0 Å². The van der Waals surface area contributed by atoms with Crippen molar-refractivity contribution in [3.05, 3.63) is 47.5 Å². The molecular weight excluding hydrogens is 184 g/mol. The molecular formula is C14H14O. The normalized spacial score (nSPS) is 12.7. The van der Waals surface area contributed by atoms with Crippen LogP contribution in [0, 0.1) is 6.92 Å². The lowest BCUT2D eigenvalue weighted by atomic mass is 9.98. The molecule has 0 aliphatic rings. The van der Waals surface area contributed by atoms with Crippen LogP contribution in [0.5, 0.6) is 0 Å². The standard InChI is InChI=1S/C14H14O/c1-10-3-4-12-5-6-13(11(2)9-15)8-14(12)7-10/h3-9,11H,1-2H3. The SMILES string of the molecule is Cc1ccc2ccc(C(C)C=O)cc2c1. The molecule has 1 nitrogen and oxygen atoms in total. The molecule has 2 aromatic rings. The number of rotatable bonds is 2. The highest BCUT2D eigenvalue weighted by Crippen LogP contribution is 2.21. The molecule has 1 unspecified atom stereocenters. The van der Waals surface area contributed by atoms with Gasteiger partial charge in [-0.25, -0.2) is 0 Å². The van der Waals surface area contributed by atoms with Gasteiger partial charge in [0.05, 0.1) is 0 Å². The fourth-order valence-electron chi connectivity index (χ4n) is 1.75. The summed E-state index contributed by atoms with van der Waals surface area (Å²) >= 11 is 0. The van der Waals surface area contributed by atoms with Crippen LogP contribution in [0.2, 0.25) is 0 Å². The van der Waals surface area contributed by atoms with E-state index in [9.17, 15) is 4.79 Å². The molecule has 2 rings (SSSR count). The van der Waals surface area contributed by atoms with Crippen molar-refractivity contribution in [1.29, 1.82) is 0 Å². The number of benzene rings is 2. The van der Waals surface area contributed by atoms with Gasteiger partial charge in [-0.05, 0) is 23.3 Å². The molecule has 0 aliphatic carbocycles. The van der Waals surface area contributed by atoms with Crippen LogP contribution in [-0.2, 0) is 4.79 Å². The minimum Gasteiger partial charge on any atom is -0.303 e. The molecule has 0 amide bonds. The maximum atomic E-state index is 10.7. The second-order valence-electron chi connectivity index (χ2n) is 4.03. The monoisotopic (exact) mass is 198 g/mol. The van der Waals surface area contributed by atoms with E-state index in [0.29, 0.717) is 0 Å². The molecule has 0 radical (unpaired) electrons. The third-order valence-corrected chi connectivity index (χ3v) is 2.75. The molecule has 76 valence electrons. The topological polar surface area (TPSA) is 17.1 Å². The van der Waals surface area contributed by atoms with Crippen molar-refractivity contribution in [2.24, 2.45) is 0 Å². The molecule has 1 atom stereocenters. The summed E-state index contributed by atoms with van der Waals surface area (Å²) in [6.07, 6.45) is 0.983. The lowest BCUT2D eigenvalue weighted by Gasteiger charge is -2.06. The van der Waals surface area contributed by atoms with E-state index in [1.165, 1.54) is 16.3 Å². The highest BCUT2D eigenvalue weighted by Gasteiger charge is 2.04. The van der Waals surface area contributed by atoms with Crippen LogP contribution in [0.25, 0.3) is 10.8 Å². The molecule has 2 aromatic carbocycles. The average molecular weight is 198 g/mol. The Morgan fingerprint density at radius 3 is 2.53 bits per heavy atom. The number of carbonyl (C=O) groups is 1. The number of aryl methyl sites for hydroxylation is 1. The molecule has 0 saturated heterocycles. The van der Waals surface area contributed by atoms with Gasteiger partial charge in [-0.15, -0.1) is 0 Å². The number of carbonyl (C=O) groups excluding carboxylic acids is 1. The van der Waals surface area contributed by atoms with Crippen LogP contribution in [-0.4, -0.2) is 6.29 Å². The second kappa shape index (κ2) is 3.85. The Kier molecular flexibility index (Phi) is 2.55. The van der Waals surface area contributed by atoms with Crippen LogP contribution < -0.4 is 0 Å². The zero-order valence-electron chi connectivity index (χ0n) is 9.03. The van der Waals surface area contributed by atoms with E-state index in [1.807, 2.05) is 13.0 Å². The van der Waals surface area contributed by atoms with Crippen molar-refractivity contribution < 1.29 is 4.79 Å². The Balaban J connectivity index is 2.58. The Morgan fingerprint density at radius 1 is 1.07 bits per heavy atom. The first kappa shape index (κ1) is 9.91. The van der Waals surface area contributed by atoms with Crippen molar-refractivity contribution >= 4 is 17.1 Å². The molecule has 0 aromatic heterocycles. The summed E-state index contributed by atoms with van der Waals surface area (Å²) in [4.78, 5) is 10.7. The Labute approximate surface area is 89.7 Å². The van der Waals surface area contributed by atoms with Crippen LogP contribution in [0.4, 0.5) is 0 Å². The second-order valence-corrected chi connectivity index (χ2v) is 4.03. The van der Waals surface area contributed by atoms with Crippen molar-refractivity contribution in [3.8, 4) is 0 Å². The van der Waals surface area contributed by atoms with Gasteiger partial charge in [0.1, 0.15) is 6.29 Å². The predicted molar refractivity (Wildman–Crippen MR) is 63.2 cm³/mol. The minimum absolute atomic E-state index is 0.0186. The van der Waals surface area contributed by atoms with Gasteiger partial charge in [0.2, 0.25) is 0 Å². The maximum absolute atomic E-state index is 10.7. The zero-order chi connectivity index (χ0) is 10.8. The average Bonchev–Trinajstić information content (AvgIpc) is 2.27. The first-order valence-corrected chi connectivity index (χ1v) is 5.16. The quantitative estimate of drug-likeness (QED) is 0.675. The van der Waals surface area contributed by atoms with Gasteiger partial charge in [0.15, 0.2) is 0 Å².